The Morgan fingerprint density at radius 2 is 2.07 bits per heavy atom. The van der Waals surface area contributed by atoms with Gasteiger partial charge in [0, 0.05) is 32.0 Å². The molecular formula is C21H26N6O2. The van der Waals surface area contributed by atoms with Crippen LogP contribution < -0.4 is 0 Å². The molecular weight excluding hydrogens is 368 g/mol. The second-order valence-electron chi connectivity index (χ2n) is 7.81. The average Bonchev–Trinajstić information content (AvgIpc) is 3.20. The van der Waals surface area contributed by atoms with E-state index in [-0.39, 0.29) is 5.91 Å². The van der Waals surface area contributed by atoms with Crippen molar-refractivity contribution in [2.45, 2.75) is 39.5 Å². The van der Waals surface area contributed by atoms with Crippen molar-refractivity contribution < 1.29 is 9.32 Å². The van der Waals surface area contributed by atoms with Crippen molar-refractivity contribution in [2.75, 3.05) is 13.1 Å². The van der Waals surface area contributed by atoms with Crippen molar-refractivity contribution >= 4 is 5.91 Å². The molecule has 152 valence electrons. The normalized spacial score (nSPS) is 17.3. The standard InChI is InChI=1S/C21H26N6O2/c1-14-20(15(2)29-25-14)18-10-17(22-12-23-18)9-16-5-4-7-27(8-6-16)21(28)19-11-26(3)13-24-19/h10-13,16H,4-9H2,1-3H3/t16-/m0/s1. The summed E-state index contributed by atoms with van der Waals surface area (Å²) in [5.41, 5.74) is 4.18. The molecule has 1 saturated heterocycles. The van der Waals surface area contributed by atoms with Crippen LogP contribution in [0.2, 0.25) is 0 Å². The fraction of sp³-hybridized carbons (Fsp3) is 0.476. The Morgan fingerprint density at radius 3 is 2.79 bits per heavy atom. The summed E-state index contributed by atoms with van der Waals surface area (Å²) in [7, 11) is 1.88. The van der Waals surface area contributed by atoms with Crippen molar-refractivity contribution in [1.82, 2.24) is 29.6 Å². The smallest absolute Gasteiger partial charge is 0.274 e. The molecule has 1 aliphatic rings. The molecule has 0 aromatic carbocycles. The maximum absolute atomic E-state index is 12.7. The zero-order valence-electron chi connectivity index (χ0n) is 17.1. The van der Waals surface area contributed by atoms with Crippen LogP contribution in [-0.2, 0) is 13.5 Å². The molecule has 0 bridgehead atoms. The summed E-state index contributed by atoms with van der Waals surface area (Å²) < 4.78 is 7.08. The molecule has 1 amide bonds. The minimum Gasteiger partial charge on any atom is -0.361 e. The third-order valence-electron chi connectivity index (χ3n) is 5.57. The van der Waals surface area contributed by atoms with E-state index < -0.39 is 0 Å². The Balaban J connectivity index is 1.42. The van der Waals surface area contributed by atoms with Gasteiger partial charge in [-0.25, -0.2) is 15.0 Å². The first-order valence-corrected chi connectivity index (χ1v) is 10.0. The number of rotatable bonds is 4. The molecule has 1 fully saturated rings. The maximum Gasteiger partial charge on any atom is 0.274 e. The summed E-state index contributed by atoms with van der Waals surface area (Å²) in [6.07, 6.45) is 8.97. The Labute approximate surface area is 170 Å². The first-order valence-electron chi connectivity index (χ1n) is 10.0. The molecule has 0 saturated carbocycles. The number of nitrogens with zero attached hydrogens (tertiary/aromatic N) is 6. The monoisotopic (exact) mass is 394 g/mol. The van der Waals surface area contributed by atoms with Crippen LogP contribution in [0.1, 0.15) is 46.9 Å². The van der Waals surface area contributed by atoms with Gasteiger partial charge in [-0.1, -0.05) is 5.16 Å². The largest absolute Gasteiger partial charge is 0.361 e. The summed E-state index contributed by atoms with van der Waals surface area (Å²) in [5.74, 6) is 1.28. The summed E-state index contributed by atoms with van der Waals surface area (Å²) in [4.78, 5) is 27.7. The van der Waals surface area contributed by atoms with Gasteiger partial charge >= 0.3 is 0 Å². The predicted octanol–water partition coefficient (Wildman–Crippen LogP) is 2.97. The molecule has 0 spiro atoms. The van der Waals surface area contributed by atoms with Gasteiger partial charge < -0.3 is 14.0 Å². The molecule has 8 nitrogen and oxygen atoms in total. The van der Waals surface area contributed by atoms with Crippen molar-refractivity contribution in [1.29, 1.82) is 0 Å². The van der Waals surface area contributed by atoms with Crippen LogP contribution in [0, 0.1) is 19.8 Å². The summed E-state index contributed by atoms with van der Waals surface area (Å²) >= 11 is 0. The number of hydrogen-bond acceptors (Lipinski definition) is 6. The van der Waals surface area contributed by atoms with E-state index in [1.54, 1.807) is 23.4 Å². The van der Waals surface area contributed by atoms with Crippen molar-refractivity contribution in [3.63, 3.8) is 0 Å². The third-order valence-corrected chi connectivity index (χ3v) is 5.57. The number of carbonyl (C=O) groups excluding carboxylic acids is 1. The van der Waals surface area contributed by atoms with Crippen molar-refractivity contribution in [2.24, 2.45) is 13.0 Å². The lowest BCUT2D eigenvalue weighted by molar-refractivity contribution is 0.0754. The highest BCUT2D eigenvalue weighted by molar-refractivity contribution is 5.92. The van der Waals surface area contributed by atoms with Gasteiger partial charge in [-0.2, -0.15) is 0 Å². The Bertz CT molecular complexity index is 989. The van der Waals surface area contributed by atoms with Gasteiger partial charge in [-0.3, -0.25) is 4.79 Å². The van der Waals surface area contributed by atoms with Gasteiger partial charge in [0.25, 0.3) is 5.91 Å². The van der Waals surface area contributed by atoms with E-state index in [1.807, 2.05) is 31.9 Å². The number of imidazole rings is 1. The minimum atomic E-state index is 0.0222. The topological polar surface area (TPSA) is 89.9 Å². The average molecular weight is 394 g/mol. The molecule has 0 aliphatic carbocycles. The van der Waals surface area contributed by atoms with E-state index in [1.165, 1.54) is 0 Å². The van der Waals surface area contributed by atoms with E-state index >= 15 is 0 Å². The molecule has 4 rings (SSSR count). The minimum absolute atomic E-state index is 0.0222. The van der Waals surface area contributed by atoms with Crippen LogP contribution in [0.4, 0.5) is 0 Å². The molecule has 0 radical (unpaired) electrons. The maximum atomic E-state index is 12.7. The molecule has 3 aromatic rings. The first kappa shape index (κ1) is 19.3. The molecule has 0 N–H and O–H groups in total. The fourth-order valence-corrected chi connectivity index (χ4v) is 4.05. The van der Waals surface area contributed by atoms with Crippen LogP contribution in [0.25, 0.3) is 11.3 Å². The summed E-state index contributed by atoms with van der Waals surface area (Å²) in [5, 5.41) is 4.02. The number of likely N-dealkylation sites (tertiary alicyclic amines) is 1. The first-order chi connectivity index (χ1) is 14.0. The van der Waals surface area contributed by atoms with Crippen molar-refractivity contribution in [3.8, 4) is 11.3 Å². The van der Waals surface area contributed by atoms with E-state index in [0.717, 1.165) is 67.2 Å². The predicted molar refractivity (Wildman–Crippen MR) is 107 cm³/mol. The summed E-state index contributed by atoms with van der Waals surface area (Å²) in [6.45, 7) is 5.35. The Morgan fingerprint density at radius 1 is 1.21 bits per heavy atom. The van der Waals surface area contributed by atoms with Gasteiger partial charge in [0.15, 0.2) is 0 Å². The van der Waals surface area contributed by atoms with Gasteiger partial charge in [-0.15, -0.1) is 0 Å². The van der Waals surface area contributed by atoms with Crippen LogP contribution in [0.5, 0.6) is 0 Å². The second-order valence-corrected chi connectivity index (χ2v) is 7.81. The Kier molecular flexibility index (Phi) is 5.42. The molecule has 0 unspecified atom stereocenters. The van der Waals surface area contributed by atoms with E-state index in [0.29, 0.717) is 11.6 Å². The van der Waals surface area contributed by atoms with E-state index in [2.05, 4.69) is 20.1 Å². The molecule has 29 heavy (non-hydrogen) atoms. The molecule has 8 heteroatoms. The van der Waals surface area contributed by atoms with Gasteiger partial charge in [0.2, 0.25) is 0 Å². The van der Waals surface area contributed by atoms with Crippen LogP contribution in [0.3, 0.4) is 0 Å². The third kappa shape index (κ3) is 4.21. The number of hydrogen-bond donors (Lipinski definition) is 0. The highest BCUT2D eigenvalue weighted by Gasteiger charge is 2.23. The van der Waals surface area contributed by atoms with Crippen LogP contribution in [-0.4, -0.2) is 48.6 Å². The molecule has 4 heterocycles. The van der Waals surface area contributed by atoms with Crippen LogP contribution in [0.15, 0.2) is 29.4 Å². The number of amides is 1. The van der Waals surface area contributed by atoms with Crippen molar-refractivity contribution in [3.05, 3.63) is 47.8 Å². The number of aryl methyl sites for hydroxylation is 3. The van der Waals surface area contributed by atoms with Gasteiger partial charge in [-0.05, 0) is 51.5 Å². The lowest BCUT2D eigenvalue weighted by Gasteiger charge is -2.19. The lowest BCUT2D eigenvalue weighted by atomic mass is 9.94. The quantitative estimate of drug-likeness (QED) is 0.676. The molecule has 1 aliphatic heterocycles. The molecule has 3 aromatic heterocycles. The van der Waals surface area contributed by atoms with E-state index in [4.69, 9.17) is 4.52 Å². The summed E-state index contributed by atoms with van der Waals surface area (Å²) in [6, 6.07) is 2.04. The van der Waals surface area contributed by atoms with Gasteiger partial charge in [0.1, 0.15) is 17.8 Å². The highest BCUT2D eigenvalue weighted by Crippen LogP contribution is 2.27. The zero-order valence-corrected chi connectivity index (χ0v) is 17.1. The van der Waals surface area contributed by atoms with E-state index in [9.17, 15) is 4.79 Å². The zero-order chi connectivity index (χ0) is 20.4. The number of carbonyl (C=O) groups is 1. The SMILES string of the molecule is Cc1noc(C)c1-c1cc(C[C@H]2CCCN(C(=O)c3cn(C)cn3)CC2)ncn1. The Hall–Kier alpha value is -3.03. The number of aromatic nitrogens is 5. The lowest BCUT2D eigenvalue weighted by Crippen LogP contribution is -2.32. The highest BCUT2D eigenvalue weighted by atomic mass is 16.5. The second kappa shape index (κ2) is 8.14. The van der Waals surface area contributed by atoms with Crippen LogP contribution >= 0.6 is 0 Å². The molecule has 1 atom stereocenters. The van der Waals surface area contributed by atoms with Gasteiger partial charge in [0.05, 0.1) is 23.3 Å². The fourth-order valence-electron chi connectivity index (χ4n) is 4.05.